The van der Waals surface area contributed by atoms with Crippen LogP contribution in [0.3, 0.4) is 0 Å². The van der Waals surface area contributed by atoms with Gasteiger partial charge >= 0.3 is 0 Å². The Morgan fingerprint density at radius 1 is 1.14 bits per heavy atom. The number of thiazole rings is 1. The first kappa shape index (κ1) is 21.6. The fraction of sp³-hybridized carbons (Fsp3) is 0.476. The molecule has 0 spiro atoms. The minimum Gasteiger partial charge on any atom is -0.368 e. The summed E-state index contributed by atoms with van der Waals surface area (Å²) in [6.07, 6.45) is 0. The summed E-state index contributed by atoms with van der Waals surface area (Å²) in [6, 6.07) is 7.89. The fourth-order valence-corrected chi connectivity index (χ4v) is 4.88. The van der Waals surface area contributed by atoms with E-state index in [0.717, 1.165) is 47.6 Å². The summed E-state index contributed by atoms with van der Waals surface area (Å²) in [6.45, 7) is 11.2. The normalized spacial score (nSPS) is 14.8. The van der Waals surface area contributed by atoms with E-state index in [1.165, 1.54) is 11.8 Å². The zero-order valence-corrected chi connectivity index (χ0v) is 19.0. The molecule has 2 amide bonds. The first-order valence-corrected chi connectivity index (χ1v) is 11.6. The van der Waals surface area contributed by atoms with Crippen LogP contribution in [-0.4, -0.2) is 53.6 Å². The maximum absolute atomic E-state index is 12.3. The van der Waals surface area contributed by atoms with Crippen molar-refractivity contribution in [2.24, 2.45) is 0 Å². The Kier molecular flexibility index (Phi) is 6.85. The van der Waals surface area contributed by atoms with Crippen LogP contribution in [0, 0.1) is 0 Å². The highest BCUT2D eigenvalue weighted by Crippen LogP contribution is 2.29. The third kappa shape index (κ3) is 5.96. The van der Waals surface area contributed by atoms with Crippen LogP contribution in [0.25, 0.3) is 0 Å². The molecule has 6 nitrogen and oxygen atoms in total. The highest BCUT2D eigenvalue weighted by atomic mass is 32.2. The first-order chi connectivity index (χ1) is 13.7. The summed E-state index contributed by atoms with van der Waals surface area (Å²) in [5, 5.41) is 5.01. The van der Waals surface area contributed by atoms with Gasteiger partial charge in [-0.25, -0.2) is 4.98 Å². The van der Waals surface area contributed by atoms with Gasteiger partial charge in [0.2, 0.25) is 11.8 Å². The highest BCUT2D eigenvalue weighted by molar-refractivity contribution is 8.01. The lowest BCUT2D eigenvalue weighted by Gasteiger charge is -2.35. The molecule has 1 aromatic heterocycles. The van der Waals surface area contributed by atoms with Crippen molar-refractivity contribution in [2.75, 3.05) is 42.1 Å². The van der Waals surface area contributed by atoms with Gasteiger partial charge in [-0.1, -0.05) is 32.5 Å². The van der Waals surface area contributed by atoms with Crippen molar-refractivity contribution >= 4 is 46.3 Å². The Balaban J connectivity index is 1.47. The van der Waals surface area contributed by atoms with Gasteiger partial charge in [-0.3, -0.25) is 9.59 Å². The van der Waals surface area contributed by atoms with E-state index in [2.05, 4.69) is 41.4 Å². The number of carbonyl (C=O) groups is 2. The SMILES string of the molecule is CC(=O)N1CCN(c2ccc(NC(=O)CSc3nc(C(C)(C)C)cs3)cc2)CC1. The molecule has 2 aromatic rings. The number of benzene rings is 1. The molecule has 1 aliphatic rings. The number of thioether (sulfide) groups is 1. The number of nitrogens with zero attached hydrogens (tertiary/aromatic N) is 3. The fourth-order valence-electron chi connectivity index (χ4n) is 3.03. The van der Waals surface area contributed by atoms with Crippen LogP contribution < -0.4 is 10.2 Å². The van der Waals surface area contributed by atoms with Crippen LogP contribution in [0.1, 0.15) is 33.4 Å². The molecule has 8 heteroatoms. The van der Waals surface area contributed by atoms with Crippen molar-refractivity contribution in [3.8, 4) is 0 Å². The van der Waals surface area contributed by atoms with Gasteiger partial charge in [-0.05, 0) is 24.3 Å². The Morgan fingerprint density at radius 3 is 2.34 bits per heavy atom. The second-order valence-electron chi connectivity index (χ2n) is 8.13. The maximum atomic E-state index is 12.3. The maximum Gasteiger partial charge on any atom is 0.234 e. The molecule has 2 heterocycles. The van der Waals surface area contributed by atoms with E-state index in [-0.39, 0.29) is 17.2 Å². The van der Waals surface area contributed by atoms with Crippen LogP contribution in [-0.2, 0) is 15.0 Å². The van der Waals surface area contributed by atoms with E-state index in [1.54, 1.807) is 18.3 Å². The van der Waals surface area contributed by atoms with Gasteiger partial charge in [0.25, 0.3) is 0 Å². The number of hydrogen-bond acceptors (Lipinski definition) is 6. The number of rotatable bonds is 5. The largest absolute Gasteiger partial charge is 0.368 e. The molecule has 1 aromatic carbocycles. The monoisotopic (exact) mass is 432 g/mol. The Hall–Kier alpha value is -2.06. The summed E-state index contributed by atoms with van der Waals surface area (Å²) in [7, 11) is 0. The van der Waals surface area contributed by atoms with E-state index < -0.39 is 0 Å². The second kappa shape index (κ2) is 9.17. The molecular formula is C21H28N4O2S2. The molecule has 0 radical (unpaired) electrons. The molecule has 0 saturated carbocycles. The summed E-state index contributed by atoms with van der Waals surface area (Å²) in [4.78, 5) is 32.5. The Labute approximate surface area is 180 Å². The van der Waals surface area contributed by atoms with Crippen LogP contribution in [0.15, 0.2) is 34.0 Å². The minimum atomic E-state index is -0.0367. The van der Waals surface area contributed by atoms with Gasteiger partial charge in [0.15, 0.2) is 4.34 Å². The van der Waals surface area contributed by atoms with Crippen molar-refractivity contribution in [3.05, 3.63) is 35.3 Å². The summed E-state index contributed by atoms with van der Waals surface area (Å²) < 4.78 is 0.921. The average Bonchev–Trinajstić information content (AvgIpc) is 3.17. The lowest BCUT2D eigenvalue weighted by molar-refractivity contribution is -0.129. The molecule has 29 heavy (non-hydrogen) atoms. The lowest BCUT2D eigenvalue weighted by Crippen LogP contribution is -2.48. The summed E-state index contributed by atoms with van der Waals surface area (Å²) >= 11 is 3.05. The van der Waals surface area contributed by atoms with Crippen LogP contribution in [0.5, 0.6) is 0 Å². The number of amides is 2. The molecule has 3 rings (SSSR count). The zero-order chi connectivity index (χ0) is 21.0. The number of anilines is 2. The third-order valence-corrected chi connectivity index (χ3v) is 6.84. The minimum absolute atomic E-state index is 0.0258. The van der Waals surface area contributed by atoms with Gasteiger partial charge in [-0.15, -0.1) is 11.3 Å². The van der Waals surface area contributed by atoms with E-state index in [0.29, 0.717) is 5.75 Å². The van der Waals surface area contributed by atoms with Gasteiger partial charge in [-0.2, -0.15) is 0 Å². The molecule has 0 atom stereocenters. The van der Waals surface area contributed by atoms with E-state index >= 15 is 0 Å². The summed E-state index contributed by atoms with van der Waals surface area (Å²) in [5.74, 6) is 0.435. The standard InChI is InChI=1S/C21H28N4O2S2/c1-15(26)24-9-11-25(12-10-24)17-7-5-16(6-8-17)22-19(27)14-29-20-23-18(13-28-20)21(2,3)4/h5-8,13H,9-12,14H2,1-4H3,(H,22,27). The van der Waals surface area contributed by atoms with E-state index in [1.807, 2.05) is 29.2 Å². The first-order valence-electron chi connectivity index (χ1n) is 9.71. The van der Waals surface area contributed by atoms with Gasteiger partial charge in [0, 0.05) is 55.3 Å². The van der Waals surface area contributed by atoms with Gasteiger partial charge in [0.05, 0.1) is 11.4 Å². The van der Waals surface area contributed by atoms with Crippen LogP contribution >= 0.6 is 23.1 Å². The number of hydrogen-bond donors (Lipinski definition) is 1. The Morgan fingerprint density at radius 2 is 1.79 bits per heavy atom. The number of aromatic nitrogens is 1. The predicted octanol–water partition coefficient (Wildman–Crippen LogP) is 3.84. The Bertz CT molecular complexity index is 850. The van der Waals surface area contributed by atoms with Crippen molar-refractivity contribution in [2.45, 2.75) is 37.4 Å². The van der Waals surface area contributed by atoms with Crippen LogP contribution in [0.4, 0.5) is 11.4 Å². The molecule has 1 aliphatic heterocycles. The van der Waals surface area contributed by atoms with Crippen molar-refractivity contribution in [3.63, 3.8) is 0 Å². The average molecular weight is 433 g/mol. The smallest absolute Gasteiger partial charge is 0.234 e. The summed E-state index contributed by atoms with van der Waals surface area (Å²) in [5.41, 5.74) is 2.98. The quantitative estimate of drug-likeness (QED) is 0.727. The highest BCUT2D eigenvalue weighted by Gasteiger charge is 2.19. The molecular weight excluding hydrogens is 404 g/mol. The van der Waals surface area contributed by atoms with Gasteiger partial charge < -0.3 is 15.1 Å². The third-order valence-electron chi connectivity index (χ3n) is 4.82. The molecule has 1 saturated heterocycles. The van der Waals surface area contributed by atoms with Crippen molar-refractivity contribution in [1.29, 1.82) is 0 Å². The van der Waals surface area contributed by atoms with Crippen LogP contribution in [0.2, 0.25) is 0 Å². The molecule has 156 valence electrons. The van der Waals surface area contributed by atoms with Crippen molar-refractivity contribution < 1.29 is 9.59 Å². The molecule has 0 aliphatic carbocycles. The predicted molar refractivity (Wildman–Crippen MR) is 121 cm³/mol. The number of nitrogens with one attached hydrogen (secondary N) is 1. The molecule has 0 bridgehead atoms. The van der Waals surface area contributed by atoms with E-state index in [9.17, 15) is 9.59 Å². The van der Waals surface area contributed by atoms with Crippen molar-refractivity contribution in [1.82, 2.24) is 9.88 Å². The molecule has 0 unspecified atom stereocenters. The molecule has 1 fully saturated rings. The topological polar surface area (TPSA) is 65.5 Å². The lowest BCUT2D eigenvalue weighted by atomic mass is 9.93. The second-order valence-corrected chi connectivity index (χ2v) is 10.2. The number of carbonyl (C=O) groups excluding carboxylic acids is 2. The number of piperazine rings is 1. The van der Waals surface area contributed by atoms with E-state index in [4.69, 9.17) is 0 Å². The molecule has 1 N–H and O–H groups in total. The van der Waals surface area contributed by atoms with Gasteiger partial charge in [0.1, 0.15) is 0 Å². The zero-order valence-electron chi connectivity index (χ0n) is 17.4.